The zero-order valence-corrected chi connectivity index (χ0v) is 16.3. The summed E-state index contributed by atoms with van der Waals surface area (Å²) in [6.45, 7) is -0.565. The van der Waals surface area contributed by atoms with Gasteiger partial charge in [0, 0.05) is 11.1 Å². The monoisotopic (exact) mass is 434 g/mol. The maximum Gasteiger partial charge on any atom is 0.229 e. The first-order valence-electron chi connectivity index (χ1n) is 9.17. The van der Waals surface area contributed by atoms with E-state index < -0.39 is 37.3 Å². The van der Waals surface area contributed by atoms with E-state index in [-0.39, 0.29) is 16.8 Å². The minimum Gasteiger partial charge on any atom is -0.463 e. The number of ether oxygens (including phenoxy) is 2. The Balaban J connectivity index is 1.62. The number of benzene rings is 2. The Morgan fingerprint density at radius 1 is 1.00 bits per heavy atom. The molecule has 3 aromatic rings. The molecule has 0 aliphatic carbocycles. The lowest BCUT2D eigenvalue weighted by molar-refractivity contribution is -0.277. The highest BCUT2D eigenvalue weighted by Crippen LogP contribution is 2.27. The second kappa shape index (κ2) is 8.35. The van der Waals surface area contributed by atoms with Crippen molar-refractivity contribution in [2.24, 2.45) is 0 Å². The first-order valence-corrected chi connectivity index (χ1v) is 9.55. The molecule has 0 bridgehead atoms. The Bertz CT molecular complexity index is 1090. The van der Waals surface area contributed by atoms with Crippen molar-refractivity contribution >= 4 is 22.6 Å². The van der Waals surface area contributed by atoms with Crippen LogP contribution in [0, 0.1) is 0 Å². The number of aliphatic hydroxyl groups is 4. The number of hydrogen-bond acceptors (Lipinski definition) is 8. The van der Waals surface area contributed by atoms with Crippen LogP contribution in [0.1, 0.15) is 0 Å². The molecule has 0 radical (unpaired) electrons. The van der Waals surface area contributed by atoms with Crippen LogP contribution in [0.3, 0.4) is 0 Å². The molecule has 1 aromatic heterocycles. The number of fused-ring (bicyclic) bond motifs is 1. The fourth-order valence-corrected chi connectivity index (χ4v) is 3.44. The molecular weight excluding hydrogens is 416 g/mol. The standard InChI is InChI=1S/C21H19ClO8/c22-11-3-1-10(2-4-11)14-9-28-15-7-12(5-6-13(15)17(14)24)29-21-20(27)19(26)18(25)16(8-23)30-21/h1-7,9,16,18-21,23,25-27H,8H2/t16-,18+,19+,20+,21+/m0/s1. The van der Waals surface area contributed by atoms with E-state index in [9.17, 15) is 25.2 Å². The van der Waals surface area contributed by atoms with Crippen LogP contribution < -0.4 is 10.2 Å². The Labute approximate surface area is 175 Å². The number of aliphatic hydroxyl groups excluding tert-OH is 4. The highest BCUT2D eigenvalue weighted by atomic mass is 35.5. The average Bonchev–Trinajstić information content (AvgIpc) is 2.75. The van der Waals surface area contributed by atoms with Crippen molar-refractivity contribution in [3.8, 4) is 16.9 Å². The largest absolute Gasteiger partial charge is 0.463 e. The van der Waals surface area contributed by atoms with Gasteiger partial charge in [0.05, 0.1) is 17.6 Å². The summed E-state index contributed by atoms with van der Waals surface area (Å²) in [5.41, 5.74) is 1.05. The summed E-state index contributed by atoms with van der Waals surface area (Å²) in [4.78, 5) is 12.8. The summed E-state index contributed by atoms with van der Waals surface area (Å²) >= 11 is 5.89. The first-order chi connectivity index (χ1) is 14.4. The molecule has 0 amide bonds. The minimum absolute atomic E-state index is 0.203. The summed E-state index contributed by atoms with van der Waals surface area (Å²) in [7, 11) is 0. The highest BCUT2D eigenvalue weighted by Gasteiger charge is 2.44. The summed E-state index contributed by atoms with van der Waals surface area (Å²) < 4.78 is 16.5. The second-order valence-electron chi connectivity index (χ2n) is 6.96. The summed E-state index contributed by atoms with van der Waals surface area (Å²) in [6, 6.07) is 11.3. The van der Waals surface area contributed by atoms with Crippen LogP contribution in [-0.2, 0) is 4.74 Å². The van der Waals surface area contributed by atoms with E-state index in [4.69, 9.17) is 25.5 Å². The zero-order valence-electron chi connectivity index (χ0n) is 15.5. The number of rotatable bonds is 4. The van der Waals surface area contributed by atoms with E-state index in [1.54, 1.807) is 24.3 Å². The summed E-state index contributed by atoms with van der Waals surface area (Å²) in [5, 5.41) is 40.0. The fourth-order valence-electron chi connectivity index (χ4n) is 3.31. The van der Waals surface area contributed by atoms with Gasteiger partial charge in [0.25, 0.3) is 0 Å². The van der Waals surface area contributed by atoms with Gasteiger partial charge in [0.2, 0.25) is 6.29 Å². The van der Waals surface area contributed by atoms with Gasteiger partial charge in [-0.2, -0.15) is 0 Å². The van der Waals surface area contributed by atoms with Gasteiger partial charge in [0.1, 0.15) is 42.0 Å². The van der Waals surface area contributed by atoms with Gasteiger partial charge in [-0.1, -0.05) is 23.7 Å². The lowest BCUT2D eigenvalue weighted by Crippen LogP contribution is -2.60. The van der Waals surface area contributed by atoms with Gasteiger partial charge >= 0.3 is 0 Å². The molecule has 2 aromatic carbocycles. The molecule has 1 aliphatic heterocycles. The van der Waals surface area contributed by atoms with E-state index in [0.717, 1.165) is 0 Å². The van der Waals surface area contributed by atoms with Gasteiger partial charge < -0.3 is 34.3 Å². The average molecular weight is 435 g/mol. The van der Waals surface area contributed by atoms with Gasteiger partial charge in [0.15, 0.2) is 5.43 Å². The van der Waals surface area contributed by atoms with Crippen molar-refractivity contribution in [1.82, 2.24) is 0 Å². The molecule has 9 heteroatoms. The van der Waals surface area contributed by atoms with Gasteiger partial charge in [-0.3, -0.25) is 4.79 Å². The van der Waals surface area contributed by atoms with E-state index in [0.29, 0.717) is 21.5 Å². The van der Waals surface area contributed by atoms with Crippen LogP contribution in [0.2, 0.25) is 5.02 Å². The minimum atomic E-state index is -1.55. The number of hydrogen-bond donors (Lipinski definition) is 4. The van der Waals surface area contributed by atoms with Crippen LogP contribution in [0.5, 0.6) is 5.75 Å². The normalized spacial score (nSPS) is 26.6. The van der Waals surface area contributed by atoms with Crippen LogP contribution in [0.25, 0.3) is 22.1 Å². The fraction of sp³-hybridized carbons (Fsp3) is 0.286. The third kappa shape index (κ3) is 3.81. The highest BCUT2D eigenvalue weighted by molar-refractivity contribution is 6.30. The van der Waals surface area contributed by atoms with Gasteiger partial charge in [-0.05, 0) is 29.8 Å². The summed E-state index contributed by atoms with van der Waals surface area (Å²) in [5.74, 6) is 0.203. The SMILES string of the molecule is O=c1c(-c2ccc(Cl)cc2)coc2cc(O[C@@H]3O[C@@H](CO)[C@@H](O)[C@@H](O)[C@H]3O)ccc12. The molecular formula is C21H19ClO8. The molecule has 1 fully saturated rings. The molecule has 2 heterocycles. The molecule has 158 valence electrons. The lowest BCUT2D eigenvalue weighted by atomic mass is 9.99. The molecule has 1 aliphatic rings. The molecule has 1 saturated heterocycles. The van der Waals surface area contributed by atoms with Crippen LogP contribution >= 0.6 is 11.6 Å². The van der Waals surface area contributed by atoms with Crippen LogP contribution in [0.15, 0.2) is 57.9 Å². The Morgan fingerprint density at radius 3 is 2.43 bits per heavy atom. The van der Waals surface area contributed by atoms with Crippen molar-refractivity contribution in [3.05, 3.63) is 64.0 Å². The smallest absolute Gasteiger partial charge is 0.229 e. The first kappa shape index (κ1) is 20.8. The van der Waals surface area contributed by atoms with Crippen molar-refractivity contribution in [1.29, 1.82) is 0 Å². The number of halogens is 1. The molecule has 4 N–H and O–H groups in total. The predicted molar refractivity (Wildman–Crippen MR) is 107 cm³/mol. The molecule has 0 unspecified atom stereocenters. The van der Waals surface area contributed by atoms with E-state index in [1.807, 2.05) is 0 Å². The third-order valence-corrected chi connectivity index (χ3v) is 5.25. The summed E-state index contributed by atoms with van der Waals surface area (Å²) in [6.07, 6.45) is -5.66. The molecule has 30 heavy (non-hydrogen) atoms. The second-order valence-corrected chi connectivity index (χ2v) is 7.39. The topological polar surface area (TPSA) is 130 Å². The molecule has 8 nitrogen and oxygen atoms in total. The van der Waals surface area contributed by atoms with Crippen molar-refractivity contribution < 1.29 is 34.3 Å². The van der Waals surface area contributed by atoms with E-state index >= 15 is 0 Å². The maximum atomic E-state index is 12.8. The lowest BCUT2D eigenvalue weighted by Gasteiger charge is -2.39. The third-order valence-electron chi connectivity index (χ3n) is 5.00. The zero-order chi connectivity index (χ0) is 21.4. The van der Waals surface area contributed by atoms with Crippen LogP contribution in [-0.4, -0.2) is 57.7 Å². The Hall–Kier alpha value is -2.46. The molecule has 4 rings (SSSR count). The van der Waals surface area contributed by atoms with Crippen molar-refractivity contribution in [3.63, 3.8) is 0 Å². The van der Waals surface area contributed by atoms with Gasteiger partial charge in [-0.25, -0.2) is 0 Å². The van der Waals surface area contributed by atoms with E-state index in [2.05, 4.69) is 0 Å². The molecule has 0 spiro atoms. The van der Waals surface area contributed by atoms with Crippen molar-refractivity contribution in [2.45, 2.75) is 30.7 Å². The Kier molecular flexibility index (Phi) is 5.79. The molecule has 0 saturated carbocycles. The van der Waals surface area contributed by atoms with Crippen molar-refractivity contribution in [2.75, 3.05) is 6.61 Å². The van der Waals surface area contributed by atoms with Crippen LogP contribution in [0.4, 0.5) is 0 Å². The van der Waals surface area contributed by atoms with Gasteiger partial charge in [-0.15, -0.1) is 0 Å². The molecule has 5 atom stereocenters. The quantitative estimate of drug-likeness (QED) is 0.483. The van der Waals surface area contributed by atoms with E-state index in [1.165, 1.54) is 24.5 Å². The predicted octanol–water partition coefficient (Wildman–Crippen LogP) is 1.29. The Morgan fingerprint density at radius 2 is 1.73 bits per heavy atom. The maximum absolute atomic E-state index is 12.8.